The molecule has 1 aliphatic rings. The van der Waals surface area contributed by atoms with Crippen molar-refractivity contribution in [2.24, 2.45) is 0 Å². The molecule has 0 radical (unpaired) electrons. The van der Waals surface area contributed by atoms with Crippen LogP contribution in [0.5, 0.6) is 0 Å². The number of hydrogen-bond donors (Lipinski definition) is 1. The third-order valence-corrected chi connectivity index (χ3v) is 4.75. The van der Waals surface area contributed by atoms with Gasteiger partial charge in [-0.05, 0) is 47.3 Å². The van der Waals surface area contributed by atoms with Gasteiger partial charge >= 0.3 is 0 Å². The van der Waals surface area contributed by atoms with E-state index >= 15 is 0 Å². The molecule has 1 aromatic rings. The summed E-state index contributed by atoms with van der Waals surface area (Å²) >= 11 is 3.43. The van der Waals surface area contributed by atoms with Gasteiger partial charge in [-0.25, -0.2) is 18.1 Å². The third kappa shape index (κ3) is 4.15. The second-order valence-electron chi connectivity index (χ2n) is 4.97. The van der Waals surface area contributed by atoms with E-state index in [1.54, 1.807) is 6.20 Å². The average molecular weight is 348 g/mol. The number of halogens is 1. The van der Waals surface area contributed by atoms with Crippen molar-refractivity contribution >= 4 is 31.8 Å². The maximum absolute atomic E-state index is 11.3. The molecule has 5 nitrogen and oxygen atoms in total. The molecule has 1 aliphatic heterocycles. The number of sulfonamides is 1. The highest BCUT2D eigenvalue weighted by Crippen LogP contribution is 2.22. The van der Waals surface area contributed by atoms with Crippen molar-refractivity contribution in [3.8, 4) is 0 Å². The number of nitrogens with one attached hydrogen (secondary N) is 1. The van der Waals surface area contributed by atoms with Crippen LogP contribution in [0, 0.1) is 6.92 Å². The molecular weight excluding hydrogens is 330 g/mol. The quantitative estimate of drug-likeness (QED) is 0.903. The zero-order valence-electron chi connectivity index (χ0n) is 11.1. The second kappa shape index (κ2) is 5.76. The SMILES string of the molecule is Cc1cc(N2CCC[C@H](NS(C)(=O)=O)C2)ncc1Br. The van der Waals surface area contributed by atoms with Crippen LogP contribution in [0.2, 0.25) is 0 Å². The van der Waals surface area contributed by atoms with E-state index in [-0.39, 0.29) is 6.04 Å². The normalized spacial score (nSPS) is 20.6. The first-order chi connectivity index (χ1) is 8.85. The highest BCUT2D eigenvalue weighted by Gasteiger charge is 2.23. The fourth-order valence-electron chi connectivity index (χ4n) is 2.28. The summed E-state index contributed by atoms with van der Waals surface area (Å²) in [7, 11) is -3.15. The molecule has 19 heavy (non-hydrogen) atoms. The number of anilines is 1. The summed E-state index contributed by atoms with van der Waals surface area (Å²) in [6, 6.07) is 1.99. The first-order valence-electron chi connectivity index (χ1n) is 6.19. The van der Waals surface area contributed by atoms with Gasteiger partial charge < -0.3 is 4.90 Å². The summed E-state index contributed by atoms with van der Waals surface area (Å²) in [6.07, 6.45) is 4.83. The zero-order chi connectivity index (χ0) is 14.0. The van der Waals surface area contributed by atoms with Gasteiger partial charge in [-0.15, -0.1) is 0 Å². The zero-order valence-corrected chi connectivity index (χ0v) is 13.5. The first kappa shape index (κ1) is 14.7. The van der Waals surface area contributed by atoms with Gasteiger partial charge in [-0.3, -0.25) is 0 Å². The lowest BCUT2D eigenvalue weighted by Crippen LogP contribution is -2.47. The van der Waals surface area contributed by atoms with Crippen LogP contribution in [-0.4, -0.2) is 38.8 Å². The minimum Gasteiger partial charge on any atom is -0.355 e. The Morgan fingerprint density at radius 2 is 2.26 bits per heavy atom. The van der Waals surface area contributed by atoms with Crippen molar-refractivity contribution in [1.82, 2.24) is 9.71 Å². The van der Waals surface area contributed by atoms with Gasteiger partial charge in [-0.1, -0.05) is 0 Å². The summed E-state index contributed by atoms with van der Waals surface area (Å²) in [5, 5.41) is 0. The number of pyridine rings is 1. The van der Waals surface area contributed by atoms with E-state index in [9.17, 15) is 8.42 Å². The number of rotatable bonds is 3. The Labute approximate surface area is 122 Å². The van der Waals surface area contributed by atoms with Gasteiger partial charge in [0.15, 0.2) is 0 Å². The number of aromatic nitrogens is 1. The van der Waals surface area contributed by atoms with Gasteiger partial charge in [0.05, 0.1) is 6.26 Å². The molecule has 2 heterocycles. The van der Waals surface area contributed by atoms with Gasteiger partial charge in [0, 0.05) is 29.8 Å². The summed E-state index contributed by atoms with van der Waals surface area (Å²) < 4.78 is 26.2. The van der Waals surface area contributed by atoms with Crippen molar-refractivity contribution in [2.45, 2.75) is 25.8 Å². The van der Waals surface area contributed by atoms with Gasteiger partial charge in [0.25, 0.3) is 0 Å². The number of nitrogens with zero attached hydrogens (tertiary/aromatic N) is 2. The summed E-state index contributed by atoms with van der Waals surface area (Å²) in [6.45, 7) is 3.60. The van der Waals surface area contributed by atoms with Crippen LogP contribution in [0.15, 0.2) is 16.7 Å². The standard InChI is InChI=1S/C12H18BrN3O2S/c1-9-6-12(14-7-11(9)13)16-5-3-4-10(8-16)15-19(2,17)18/h6-7,10,15H,3-5,8H2,1-2H3/t10-/m0/s1. The molecule has 1 fully saturated rings. The van der Waals surface area contributed by atoms with E-state index < -0.39 is 10.0 Å². The molecule has 2 rings (SSSR count). The average Bonchev–Trinajstić information content (AvgIpc) is 2.31. The van der Waals surface area contributed by atoms with Crippen LogP contribution in [0.25, 0.3) is 0 Å². The van der Waals surface area contributed by atoms with Crippen molar-refractivity contribution in [2.75, 3.05) is 24.2 Å². The predicted octanol–water partition coefficient (Wildman–Crippen LogP) is 1.67. The lowest BCUT2D eigenvalue weighted by Gasteiger charge is -2.33. The van der Waals surface area contributed by atoms with Crippen molar-refractivity contribution in [3.63, 3.8) is 0 Å². The van der Waals surface area contributed by atoms with Crippen LogP contribution in [0.1, 0.15) is 18.4 Å². The Kier molecular flexibility index (Phi) is 4.47. The van der Waals surface area contributed by atoms with Crippen LogP contribution >= 0.6 is 15.9 Å². The molecule has 106 valence electrons. The fourth-order valence-corrected chi connectivity index (χ4v) is 3.30. The third-order valence-electron chi connectivity index (χ3n) is 3.16. The van der Waals surface area contributed by atoms with E-state index in [0.29, 0.717) is 6.54 Å². The monoisotopic (exact) mass is 347 g/mol. The number of aryl methyl sites for hydroxylation is 1. The van der Waals surface area contributed by atoms with Gasteiger partial charge in [0.1, 0.15) is 5.82 Å². The maximum atomic E-state index is 11.3. The van der Waals surface area contributed by atoms with Crippen LogP contribution in [0.4, 0.5) is 5.82 Å². The fraction of sp³-hybridized carbons (Fsp3) is 0.583. The molecule has 1 saturated heterocycles. The molecule has 0 bridgehead atoms. The molecule has 1 aromatic heterocycles. The van der Waals surface area contributed by atoms with E-state index in [0.717, 1.165) is 35.2 Å². The Morgan fingerprint density at radius 3 is 2.89 bits per heavy atom. The van der Waals surface area contributed by atoms with E-state index in [4.69, 9.17) is 0 Å². The van der Waals surface area contributed by atoms with E-state index in [1.807, 2.05) is 13.0 Å². The second-order valence-corrected chi connectivity index (χ2v) is 7.60. The molecule has 0 amide bonds. The molecule has 1 atom stereocenters. The Bertz CT molecular complexity index is 562. The Morgan fingerprint density at radius 1 is 1.53 bits per heavy atom. The molecule has 0 spiro atoms. The Hall–Kier alpha value is -0.660. The lowest BCUT2D eigenvalue weighted by molar-refractivity contribution is 0.465. The van der Waals surface area contributed by atoms with Crippen molar-refractivity contribution < 1.29 is 8.42 Å². The predicted molar refractivity (Wildman–Crippen MR) is 79.9 cm³/mol. The summed E-state index contributed by atoms with van der Waals surface area (Å²) in [5.74, 6) is 0.903. The molecule has 0 saturated carbocycles. The van der Waals surface area contributed by atoms with Crippen molar-refractivity contribution in [1.29, 1.82) is 0 Å². The van der Waals surface area contributed by atoms with E-state index in [2.05, 4.69) is 30.5 Å². The molecule has 0 aliphatic carbocycles. The molecular formula is C12H18BrN3O2S. The van der Waals surface area contributed by atoms with Crippen LogP contribution in [0.3, 0.4) is 0 Å². The van der Waals surface area contributed by atoms with Crippen LogP contribution < -0.4 is 9.62 Å². The minimum absolute atomic E-state index is 0.0329. The number of piperidine rings is 1. The molecule has 7 heteroatoms. The minimum atomic E-state index is -3.15. The lowest BCUT2D eigenvalue weighted by atomic mass is 10.1. The van der Waals surface area contributed by atoms with Crippen molar-refractivity contribution in [3.05, 3.63) is 22.3 Å². The topological polar surface area (TPSA) is 62.3 Å². The van der Waals surface area contributed by atoms with Gasteiger partial charge in [0.2, 0.25) is 10.0 Å². The Balaban J connectivity index is 2.10. The molecule has 1 N–H and O–H groups in total. The van der Waals surface area contributed by atoms with Crippen LogP contribution in [-0.2, 0) is 10.0 Å². The first-order valence-corrected chi connectivity index (χ1v) is 8.88. The highest BCUT2D eigenvalue weighted by molar-refractivity contribution is 9.10. The van der Waals surface area contributed by atoms with E-state index in [1.165, 1.54) is 6.26 Å². The highest BCUT2D eigenvalue weighted by atomic mass is 79.9. The smallest absolute Gasteiger partial charge is 0.209 e. The van der Waals surface area contributed by atoms with Gasteiger partial charge in [-0.2, -0.15) is 0 Å². The largest absolute Gasteiger partial charge is 0.355 e. The summed E-state index contributed by atoms with van der Waals surface area (Å²) in [4.78, 5) is 6.53. The molecule has 0 aromatic carbocycles. The molecule has 0 unspecified atom stereocenters. The number of hydrogen-bond acceptors (Lipinski definition) is 4. The maximum Gasteiger partial charge on any atom is 0.209 e. The summed E-state index contributed by atoms with van der Waals surface area (Å²) in [5.41, 5.74) is 1.13.